The molecule has 0 saturated heterocycles. The van der Waals surface area contributed by atoms with Crippen LogP contribution in [-0.2, 0) is 4.79 Å². The molecule has 0 bridgehead atoms. The molecule has 2 atom stereocenters. The van der Waals surface area contributed by atoms with Gasteiger partial charge in [0.15, 0.2) is 0 Å². The molecule has 0 N–H and O–H groups in total. The average molecular weight is 376 g/mol. The molecule has 0 aromatic heterocycles. The number of ketones is 1. The van der Waals surface area contributed by atoms with Gasteiger partial charge in [0.05, 0.1) is 6.04 Å². The number of aliphatic imine (C=N–C) groups is 1. The van der Waals surface area contributed by atoms with Crippen LogP contribution in [-0.4, -0.2) is 12.0 Å². The highest BCUT2D eigenvalue weighted by molar-refractivity contribution is 5.83. The summed E-state index contributed by atoms with van der Waals surface area (Å²) in [5.74, 6) is 0.390. The van der Waals surface area contributed by atoms with Crippen LogP contribution in [0.1, 0.15) is 81.4 Å². The molecule has 0 spiro atoms. The molecule has 2 aromatic carbocycles. The summed E-state index contributed by atoms with van der Waals surface area (Å²) in [5, 5.41) is 0. The molecule has 1 saturated carbocycles. The van der Waals surface area contributed by atoms with Gasteiger partial charge in [-0.15, -0.1) is 0 Å². The molecule has 28 heavy (non-hydrogen) atoms. The molecule has 2 heteroatoms. The quantitative estimate of drug-likeness (QED) is 0.532. The van der Waals surface area contributed by atoms with Crippen molar-refractivity contribution in [3.8, 4) is 0 Å². The van der Waals surface area contributed by atoms with E-state index in [0.717, 1.165) is 30.4 Å². The summed E-state index contributed by atoms with van der Waals surface area (Å²) < 4.78 is 0. The molecule has 2 aromatic rings. The van der Waals surface area contributed by atoms with Crippen LogP contribution in [0.5, 0.6) is 0 Å². The number of Topliss-reactive ketones (excluding diaryl/α,β-unsaturated/α-hetero) is 1. The zero-order valence-corrected chi connectivity index (χ0v) is 16.9. The summed E-state index contributed by atoms with van der Waals surface area (Å²) >= 11 is 0. The normalized spacial score (nSPS) is 21.0. The van der Waals surface area contributed by atoms with Gasteiger partial charge in [-0.25, -0.2) is 0 Å². The van der Waals surface area contributed by atoms with Crippen LogP contribution in [0.4, 0.5) is 0 Å². The number of rotatable bonds is 4. The lowest BCUT2D eigenvalue weighted by molar-refractivity contribution is -0.124. The highest BCUT2D eigenvalue weighted by Crippen LogP contribution is 2.33. The second kappa shape index (κ2) is 11.6. The zero-order valence-electron chi connectivity index (χ0n) is 16.9. The van der Waals surface area contributed by atoms with Crippen molar-refractivity contribution in [3.63, 3.8) is 0 Å². The van der Waals surface area contributed by atoms with Gasteiger partial charge in [0.1, 0.15) is 5.78 Å². The van der Waals surface area contributed by atoms with E-state index in [1.54, 1.807) is 0 Å². The molecule has 3 rings (SSSR count). The van der Waals surface area contributed by atoms with E-state index in [0.29, 0.717) is 12.2 Å². The number of nitrogens with zero attached hydrogens (tertiary/aromatic N) is 1. The fourth-order valence-corrected chi connectivity index (χ4v) is 4.18. The smallest absolute Gasteiger partial charge is 0.138 e. The maximum atomic E-state index is 13.2. The van der Waals surface area contributed by atoms with Gasteiger partial charge in [0.25, 0.3) is 0 Å². The maximum Gasteiger partial charge on any atom is 0.138 e. The van der Waals surface area contributed by atoms with E-state index in [1.165, 1.54) is 38.5 Å². The van der Waals surface area contributed by atoms with E-state index in [-0.39, 0.29) is 12.0 Å². The van der Waals surface area contributed by atoms with Crippen molar-refractivity contribution < 1.29 is 4.79 Å². The van der Waals surface area contributed by atoms with Gasteiger partial charge in [0.2, 0.25) is 0 Å². The summed E-state index contributed by atoms with van der Waals surface area (Å²) in [7, 11) is 0. The van der Waals surface area contributed by atoms with Crippen molar-refractivity contribution in [1.29, 1.82) is 0 Å². The predicted octanol–water partition coefficient (Wildman–Crippen LogP) is 6.95. The van der Waals surface area contributed by atoms with Gasteiger partial charge >= 0.3 is 0 Å². The maximum absolute atomic E-state index is 13.2. The Bertz CT molecular complexity index is 723. The molecule has 1 aliphatic rings. The Morgan fingerprint density at radius 3 is 2.00 bits per heavy atom. The fourth-order valence-electron chi connectivity index (χ4n) is 4.18. The van der Waals surface area contributed by atoms with Crippen LogP contribution in [0.15, 0.2) is 65.7 Å². The number of carbonyl (C=O) groups is 1. The van der Waals surface area contributed by atoms with Crippen LogP contribution >= 0.6 is 0 Å². The number of benzene rings is 2. The van der Waals surface area contributed by atoms with Crippen molar-refractivity contribution in [2.45, 2.75) is 70.3 Å². The van der Waals surface area contributed by atoms with Gasteiger partial charge in [-0.1, -0.05) is 106 Å². The first-order valence-corrected chi connectivity index (χ1v) is 11.0. The summed E-state index contributed by atoms with van der Waals surface area (Å²) in [6.07, 6.45) is 13.4. The van der Waals surface area contributed by atoms with Gasteiger partial charge < -0.3 is 0 Å². The van der Waals surface area contributed by atoms with E-state index >= 15 is 0 Å². The van der Waals surface area contributed by atoms with E-state index in [4.69, 9.17) is 4.99 Å². The zero-order chi connectivity index (χ0) is 19.4. The third-order valence-corrected chi connectivity index (χ3v) is 5.81. The molecule has 1 aliphatic carbocycles. The lowest BCUT2D eigenvalue weighted by Gasteiger charge is -2.24. The Labute approximate surface area is 170 Å². The van der Waals surface area contributed by atoms with Gasteiger partial charge in [-0.3, -0.25) is 9.79 Å². The molecule has 0 heterocycles. The van der Waals surface area contributed by atoms with Gasteiger partial charge in [0, 0.05) is 18.6 Å². The molecule has 2 unspecified atom stereocenters. The number of hydrogen-bond acceptors (Lipinski definition) is 2. The summed E-state index contributed by atoms with van der Waals surface area (Å²) in [5.41, 5.74) is 2.24. The van der Waals surface area contributed by atoms with E-state index in [2.05, 4.69) is 36.4 Å². The van der Waals surface area contributed by atoms with Crippen LogP contribution < -0.4 is 0 Å². The first kappa shape index (κ1) is 20.5. The second-order valence-corrected chi connectivity index (χ2v) is 7.98. The summed E-state index contributed by atoms with van der Waals surface area (Å²) in [6, 6.07) is 20.5. The Morgan fingerprint density at radius 2 is 1.32 bits per heavy atom. The first-order chi connectivity index (χ1) is 13.8. The van der Waals surface area contributed by atoms with Crippen molar-refractivity contribution >= 4 is 12.0 Å². The first-order valence-electron chi connectivity index (χ1n) is 11.0. The lowest BCUT2D eigenvalue weighted by atomic mass is 9.83. The molecular formula is C26H33NO. The van der Waals surface area contributed by atoms with Crippen LogP contribution in [0.2, 0.25) is 0 Å². The predicted molar refractivity (Wildman–Crippen MR) is 118 cm³/mol. The Balaban J connectivity index is 1.84. The highest BCUT2D eigenvalue weighted by atomic mass is 16.1. The number of hydrogen-bond donors (Lipinski definition) is 0. The van der Waals surface area contributed by atoms with Crippen LogP contribution in [0, 0.1) is 5.92 Å². The summed E-state index contributed by atoms with van der Waals surface area (Å²) in [4.78, 5) is 18.1. The molecule has 1 fully saturated rings. The van der Waals surface area contributed by atoms with Gasteiger partial charge in [-0.2, -0.15) is 0 Å². The molecule has 0 amide bonds. The van der Waals surface area contributed by atoms with Crippen molar-refractivity contribution in [1.82, 2.24) is 0 Å². The minimum absolute atomic E-state index is 0.0122. The number of carbonyl (C=O) groups excluding carboxylic acids is 1. The lowest BCUT2D eigenvalue weighted by Crippen LogP contribution is -2.22. The standard InChI is InChI=1S/C26H33NO/c28-25-20-14-6-4-2-1-3-5-13-19-24(25)26(23-17-11-8-12-18-23)27-21-22-15-9-7-10-16-22/h7-12,15-18,21,24,26H,1-6,13-14,19-20H2. The van der Waals surface area contributed by atoms with Crippen molar-refractivity contribution in [2.75, 3.05) is 0 Å². The fraction of sp³-hybridized carbons (Fsp3) is 0.462. The second-order valence-electron chi connectivity index (χ2n) is 7.98. The minimum Gasteiger partial charge on any atom is -0.299 e. The molecular weight excluding hydrogens is 342 g/mol. The third kappa shape index (κ3) is 6.44. The third-order valence-electron chi connectivity index (χ3n) is 5.81. The Hall–Kier alpha value is -2.22. The Kier molecular flexibility index (Phi) is 8.49. The summed E-state index contributed by atoms with van der Waals surface area (Å²) in [6.45, 7) is 0. The van der Waals surface area contributed by atoms with Crippen molar-refractivity contribution in [2.24, 2.45) is 10.9 Å². The van der Waals surface area contributed by atoms with Crippen molar-refractivity contribution in [3.05, 3.63) is 71.8 Å². The molecule has 2 nitrogen and oxygen atoms in total. The Morgan fingerprint density at radius 1 is 0.750 bits per heavy atom. The van der Waals surface area contributed by atoms with Gasteiger partial charge in [-0.05, 0) is 24.0 Å². The van der Waals surface area contributed by atoms with Crippen LogP contribution in [0.25, 0.3) is 0 Å². The minimum atomic E-state index is -0.0863. The molecule has 0 aliphatic heterocycles. The van der Waals surface area contributed by atoms with E-state index in [9.17, 15) is 4.79 Å². The SMILES string of the molecule is O=C1CCCCCCCCCCC1C(N=Cc1ccccc1)c1ccccc1. The highest BCUT2D eigenvalue weighted by Gasteiger charge is 2.28. The van der Waals surface area contributed by atoms with E-state index < -0.39 is 0 Å². The average Bonchev–Trinajstić information content (AvgIpc) is 2.74. The topological polar surface area (TPSA) is 29.4 Å². The molecule has 0 radical (unpaired) electrons. The molecule has 148 valence electrons. The van der Waals surface area contributed by atoms with Crippen LogP contribution in [0.3, 0.4) is 0 Å². The monoisotopic (exact) mass is 375 g/mol. The van der Waals surface area contributed by atoms with E-state index in [1.807, 2.05) is 30.5 Å². The largest absolute Gasteiger partial charge is 0.299 e.